The Kier molecular flexibility index (Phi) is 12.1. The van der Waals surface area contributed by atoms with Gasteiger partial charge in [0.2, 0.25) is 23.7 Å². The number of nitrogens with zero attached hydrogens (tertiary/aromatic N) is 5. The minimum atomic E-state index is -0.561. The maximum absolute atomic E-state index is 15.2. The number of morpholine rings is 1. The fraction of sp³-hybridized carbons (Fsp3) is 0.524. The predicted octanol–water partition coefficient (Wildman–Crippen LogP) is 4.22. The second-order valence-electron chi connectivity index (χ2n) is 16.1. The molecule has 1 saturated carbocycles. The molecule has 4 saturated heterocycles. The summed E-state index contributed by atoms with van der Waals surface area (Å²) in [5.41, 5.74) is 2.44. The zero-order chi connectivity index (χ0) is 40.2. The first kappa shape index (κ1) is 39.6. The van der Waals surface area contributed by atoms with Crippen molar-refractivity contribution in [1.29, 1.82) is 0 Å². The fourth-order valence-corrected chi connectivity index (χ4v) is 9.02. The number of imide groups is 1. The zero-order valence-corrected chi connectivity index (χ0v) is 32.6. The molecular weight excluding hydrogens is 749 g/mol. The zero-order valence-electron chi connectivity index (χ0n) is 32.6. The quantitative estimate of drug-likeness (QED) is 0.218. The molecule has 1 atom stereocenters. The summed E-state index contributed by atoms with van der Waals surface area (Å²) in [6.07, 6.45) is 8.48. The van der Waals surface area contributed by atoms with E-state index in [4.69, 9.17) is 4.74 Å². The highest BCUT2D eigenvalue weighted by Gasteiger charge is 2.33. The number of halogens is 2. The Morgan fingerprint density at radius 3 is 2.36 bits per heavy atom. The Hall–Kier alpha value is -5.22. The summed E-state index contributed by atoms with van der Waals surface area (Å²) in [5.74, 6) is -1.31. The largest absolute Gasteiger partial charge is 0.374 e. The van der Waals surface area contributed by atoms with Gasteiger partial charge >= 0.3 is 0 Å². The molecule has 1 aromatic heterocycles. The summed E-state index contributed by atoms with van der Waals surface area (Å²) in [6, 6.07) is 12.2. The summed E-state index contributed by atoms with van der Waals surface area (Å²) in [6.45, 7) is 4.22. The first-order chi connectivity index (χ1) is 28.2. The monoisotopic (exact) mass is 799 g/mol. The molecule has 2 aromatic carbocycles. The molecule has 3 aromatic rings. The lowest BCUT2D eigenvalue weighted by molar-refractivity contribution is -0.133. The number of rotatable bonds is 10. The van der Waals surface area contributed by atoms with Crippen LogP contribution < -0.4 is 31.1 Å². The molecule has 5 fully saturated rings. The van der Waals surface area contributed by atoms with E-state index in [0.29, 0.717) is 54.2 Å². The van der Waals surface area contributed by atoms with Gasteiger partial charge in [0.1, 0.15) is 24.2 Å². The van der Waals surface area contributed by atoms with Crippen LogP contribution in [0, 0.1) is 17.6 Å². The third-order valence-corrected chi connectivity index (χ3v) is 12.3. The molecule has 16 heteroatoms. The third kappa shape index (κ3) is 9.23. The summed E-state index contributed by atoms with van der Waals surface area (Å²) in [5, 5.41) is 12.1. The van der Waals surface area contributed by atoms with Crippen LogP contribution in [0.2, 0.25) is 0 Å². The van der Waals surface area contributed by atoms with Crippen molar-refractivity contribution >= 4 is 46.6 Å². The normalized spacial score (nSPS) is 24.0. The van der Waals surface area contributed by atoms with E-state index in [0.717, 1.165) is 77.5 Å². The van der Waals surface area contributed by atoms with Crippen molar-refractivity contribution in [3.8, 4) is 11.3 Å². The van der Waals surface area contributed by atoms with Crippen molar-refractivity contribution in [2.75, 3.05) is 66.4 Å². The highest BCUT2D eigenvalue weighted by Crippen LogP contribution is 2.32. The molecule has 58 heavy (non-hydrogen) atoms. The van der Waals surface area contributed by atoms with Crippen molar-refractivity contribution in [2.24, 2.45) is 5.92 Å². The molecule has 1 aliphatic carbocycles. The van der Waals surface area contributed by atoms with Crippen LogP contribution >= 0.6 is 0 Å². The van der Waals surface area contributed by atoms with Gasteiger partial charge in [0, 0.05) is 80.1 Å². The van der Waals surface area contributed by atoms with E-state index in [-0.39, 0.29) is 66.2 Å². The number of aromatic nitrogens is 2. The van der Waals surface area contributed by atoms with E-state index in [9.17, 15) is 23.6 Å². The Morgan fingerprint density at radius 2 is 1.62 bits per heavy atom. The maximum Gasteiger partial charge on any atom is 0.253 e. The van der Waals surface area contributed by atoms with Gasteiger partial charge in [-0.05, 0) is 88.1 Å². The van der Waals surface area contributed by atoms with E-state index in [1.165, 1.54) is 12.3 Å². The number of carbonyl (C=O) groups is 4. The highest BCUT2D eigenvalue weighted by molar-refractivity contribution is 6.01. The number of likely N-dealkylation sites (tertiary alicyclic amines) is 1. The first-order valence-corrected chi connectivity index (χ1v) is 20.6. The molecule has 4 amide bonds. The molecule has 308 valence electrons. The fourth-order valence-electron chi connectivity index (χ4n) is 9.02. The van der Waals surface area contributed by atoms with Gasteiger partial charge in [-0.1, -0.05) is 12.1 Å². The van der Waals surface area contributed by atoms with Gasteiger partial charge in [-0.2, -0.15) is 0 Å². The van der Waals surface area contributed by atoms with Crippen molar-refractivity contribution in [1.82, 2.24) is 25.5 Å². The number of hydrogen-bond donors (Lipinski definition) is 4. The Bertz CT molecular complexity index is 2000. The summed E-state index contributed by atoms with van der Waals surface area (Å²) < 4.78 is 35.4. The number of benzene rings is 2. The van der Waals surface area contributed by atoms with Gasteiger partial charge in [0.05, 0.1) is 18.5 Å². The van der Waals surface area contributed by atoms with E-state index in [1.807, 2.05) is 6.07 Å². The van der Waals surface area contributed by atoms with Crippen LogP contribution in [0.25, 0.3) is 11.3 Å². The first-order valence-electron chi connectivity index (χ1n) is 20.6. The summed E-state index contributed by atoms with van der Waals surface area (Å²) in [7, 11) is 0. The smallest absolute Gasteiger partial charge is 0.253 e. The van der Waals surface area contributed by atoms with Crippen LogP contribution in [0.1, 0.15) is 64.2 Å². The second-order valence-corrected chi connectivity index (χ2v) is 16.1. The third-order valence-electron chi connectivity index (χ3n) is 12.3. The number of carbonyl (C=O) groups excluding carboxylic acids is 4. The summed E-state index contributed by atoms with van der Waals surface area (Å²) >= 11 is 0. The number of amides is 4. The standard InChI is InChI=1S/C42H51F2N9O5/c43-33-23-30(46-35-9-11-37(54)49-41(35)57)8-10-36(33)52-18-14-31(15-19-52)51-16-12-29(13-17-51)47-40(56)26-4-6-28(7-5-26)48-42-45-24-34(44)39(50-42)27-2-1-3-32(22-27)53-20-21-58-25-38(53)55/h1-3,8,10,22-24,26,28-29,31,35,46H,4-7,9,11-21,25H2,(H,47,56)(H,45,48,50)(H,49,54,57). The van der Waals surface area contributed by atoms with Crippen molar-refractivity contribution in [2.45, 2.75) is 88.4 Å². The number of anilines is 4. The lowest BCUT2D eigenvalue weighted by Gasteiger charge is -2.42. The lowest BCUT2D eigenvalue weighted by atomic mass is 9.85. The molecule has 5 heterocycles. The molecule has 0 bridgehead atoms. The number of hydrogen-bond acceptors (Lipinski definition) is 11. The minimum Gasteiger partial charge on any atom is -0.374 e. The minimum absolute atomic E-state index is 0.0204. The van der Waals surface area contributed by atoms with Crippen LogP contribution in [-0.2, 0) is 23.9 Å². The molecule has 5 aliphatic rings. The van der Waals surface area contributed by atoms with E-state index in [2.05, 4.69) is 41.0 Å². The number of nitrogens with one attached hydrogen (secondary N) is 4. The van der Waals surface area contributed by atoms with Crippen LogP contribution in [0.15, 0.2) is 48.7 Å². The van der Waals surface area contributed by atoms with Gasteiger partial charge in [0.15, 0.2) is 5.82 Å². The van der Waals surface area contributed by atoms with Gasteiger partial charge in [-0.25, -0.2) is 18.7 Å². The number of ether oxygens (including phenoxy) is 1. The topological polar surface area (TPSA) is 161 Å². The van der Waals surface area contributed by atoms with Crippen LogP contribution in [0.3, 0.4) is 0 Å². The Morgan fingerprint density at radius 1 is 0.828 bits per heavy atom. The predicted molar refractivity (Wildman–Crippen MR) is 214 cm³/mol. The molecule has 4 N–H and O–H groups in total. The molecule has 4 aliphatic heterocycles. The van der Waals surface area contributed by atoms with Crippen molar-refractivity contribution < 1.29 is 32.7 Å². The van der Waals surface area contributed by atoms with E-state index < -0.39 is 11.9 Å². The molecular formula is C42H51F2N9O5. The van der Waals surface area contributed by atoms with Gasteiger partial charge in [0.25, 0.3) is 5.91 Å². The number of piperidine rings is 3. The van der Waals surface area contributed by atoms with E-state index in [1.54, 1.807) is 35.2 Å². The van der Waals surface area contributed by atoms with Gasteiger partial charge in [-0.15, -0.1) is 0 Å². The molecule has 0 spiro atoms. The van der Waals surface area contributed by atoms with Crippen LogP contribution in [-0.4, -0.2) is 109 Å². The SMILES string of the molecule is O=C1CCC(Nc2ccc(N3CCC(N4CCC(NC(=O)C5CCC(Nc6ncc(F)c(-c7cccc(N8CCOCC8=O)c7)n6)CC5)CC4)CC3)c(F)c2)C(=O)N1. The van der Waals surface area contributed by atoms with Gasteiger partial charge in [-0.3, -0.25) is 24.5 Å². The molecule has 14 nitrogen and oxygen atoms in total. The average Bonchev–Trinajstić information content (AvgIpc) is 3.23. The van der Waals surface area contributed by atoms with Crippen LogP contribution in [0.4, 0.5) is 31.8 Å². The summed E-state index contributed by atoms with van der Waals surface area (Å²) in [4.78, 5) is 64.2. The van der Waals surface area contributed by atoms with Crippen LogP contribution in [0.5, 0.6) is 0 Å². The van der Waals surface area contributed by atoms with Crippen molar-refractivity contribution in [3.05, 3.63) is 60.3 Å². The molecule has 1 unspecified atom stereocenters. The highest BCUT2D eigenvalue weighted by atomic mass is 19.1. The average molecular weight is 800 g/mol. The van der Waals surface area contributed by atoms with E-state index >= 15 is 4.39 Å². The molecule has 8 rings (SSSR count). The molecule has 0 radical (unpaired) electrons. The van der Waals surface area contributed by atoms with Gasteiger partial charge < -0.3 is 35.4 Å². The maximum atomic E-state index is 15.2. The Labute approximate surface area is 336 Å². The van der Waals surface area contributed by atoms with Crippen molar-refractivity contribution in [3.63, 3.8) is 0 Å². The Balaban J connectivity index is 0.754. The lowest BCUT2D eigenvalue weighted by Crippen LogP contribution is -2.52. The second kappa shape index (κ2) is 17.7.